The molecule has 0 radical (unpaired) electrons. The third kappa shape index (κ3) is 5.42. The first-order valence-corrected chi connectivity index (χ1v) is 7.81. The van der Waals surface area contributed by atoms with E-state index in [0.717, 1.165) is 5.69 Å². The Labute approximate surface area is 141 Å². The van der Waals surface area contributed by atoms with Crippen LogP contribution in [0.15, 0.2) is 54.6 Å². The minimum atomic E-state index is -0.109. The Morgan fingerprint density at radius 3 is 2.30 bits per heavy atom. The Bertz CT molecular complexity index is 656. The zero-order valence-electron chi connectivity index (χ0n) is 13.0. The minimum absolute atomic E-state index is 0.00417. The van der Waals surface area contributed by atoms with E-state index in [1.165, 1.54) is 0 Å². The molecule has 0 saturated carbocycles. The van der Waals surface area contributed by atoms with E-state index in [0.29, 0.717) is 30.0 Å². The summed E-state index contributed by atoms with van der Waals surface area (Å²) in [5.74, 6) is -0.113. The topological polar surface area (TPSA) is 49.4 Å². The number of carbonyl (C=O) groups is 2. The van der Waals surface area contributed by atoms with Crippen LogP contribution in [-0.4, -0.2) is 18.9 Å². The smallest absolute Gasteiger partial charge is 0.226 e. The van der Waals surface area contributed by atoms with Gasteiger partial charge in [-0.25, -0.2) is 0 Å². The first-order chi connectivity index (χ1) is 11.1. The van der Waals surface area contributed by atoms with Crippen molar-refractivity contribution in [3.8, 4) is 0 Å². The van der Waals surface area contributed by atoms with Crippen LogP contribution < -0.4 is 10.2 Å². The van der Waals surface area contributed by atoms with Crippen LogP contribution in [0.1, 0.15) is 19.3 Å². The van der Waals surface area contributed by atoms with E-state index in [-0.39, 0.29) is 11.8 Å². The molecule has 5 heteroatoms. The number of hydrogen-bond acceptors (Lipinski definition) is 2. The van der Waals surface area contributed by atoms with Crippen molar-refractivity contribution in [2.45, 2.75) is 19.3 Å². The molecule has 1 N–H and O–H groups in total. The fourth-order valence-corrected chi connectivity index (χ4v) is 2.25. The second-order valence-electron chi connectivity index (χ2n) is 5.20. The van der Waals surface area contributed by atoms with Crippen LogP contribution in [-0.2, 0) is 9.59 Å². The Kier molecular flexibility index (Phi) is 6.18. The molecule has 2 aromatic rings. The molecule has 0 saturated heterocycles. The van der Waals surface area contributed by atoms with Gasteiger partial charge in [0, 0.05) is 36.3 Å². The molecule has 0 fully saturated rings. The second-order valence-corrected chi connectivity index (χ2v) is 5.63. The maximum atomic E-state index is 12.1. The van der Waals surface area contributed by atoms with Crippen molar-refractivity contribution >= 4 is 34.8 Å². The van der Waals surface area contributed by atoms with Gasteiger partial charge in [-0.15, -0.1) is 0 Å². The summed E-state index contributed by atoms with van der Waals surface area (Å²) >= 11 is 5.79. The summed E-state index contributed by atoms with van der Waals surface area (Å²) in [5, 5.41) is 3.40. The van der Waals surface area contributed by atoms with E-state index in [2.05, 4.69) is 5.32 Å². The van der Waals surface area contributed by atoms with Crippen molar-refractivity contribution in [3.63, 3.8) is 0 Å². The van der Waals surface area contributed by atoms with Gasteiger partial charge in [0.05, 0.1) is 0 Å². The van der Waals surface area contributed by atoms with Gasteiger partial charge in [0.15, 0.2) is 0 Å². The van der Waals surface area contributed by atoms with E-state index in [1.807, 2.05) is 30.3 Å². The Hall–Kier alpha value is -2.33. The summed E-state index contributed by atoms with van der Waals surface area (Å²) in [6.45, 7) is 0. The van der Waals surface area contributed by atoms with Crippen molar-refractivity contribution in [1.29, 1.82) is 0 Å². The van der Waals surface area contributed by atoms with Gasteiger partial charge >= 0.3 is 0 Å². The van der Waals surface area contributed by atoms with Crippen molar-refractivity contribution in [3.05, 3.63) is 59.6 Å². The van der Waals surface area contributed by atoms with Gasteiger partial charge in [-0.3, -0.25) is 9.59 Å². The minimum Gasteiger partial charge on any atom is -0.326 e. The van der Waals surface area contributed by atoms with Gasteiger partial charge in [-0.2, -0.15) is 0 Å². The van der Waals surface area contributed by atoms with Gasteiger partial charge in [0.25, 0.3) is 0 Å². The molecular weight excluding hydrogens is 312 g/mol. The largest absolute Gasteiger partial charge is 0.326 e. The van der Waals surface area contributed by atoms with Crippen LogP contribution in [0.25, 0.3) is 0 Å². The third-order valence-electron chi connectivity index (χ3n) is 3.44. The van der Waals surface area contributed by atoms with Crippen molar-refractivity contribution in [2.75, 3.05) is 17.3 Å². The zero-order valence-corrected chi connectivity index (χ0v) is 13.7. The molecule has 2 rings (SSSR count). The summed E-state index contributed by atoms with van der Waals surface area (Å²) in [7, 11) is 1.74. The van der Waals surface area contributed by atoms with Gasteiger partial charge in [0.2, 0.25) is 11.8 Å². The summed E-state index contributed by atoms with van der Waals surface area (Å²) in [4.78, 5) is 25.6. The molecule has 0 spiro atoms. The van der Waals surface area contributed by atoms with Crippen molar-refractivity contribution in [1.82, 2.24) is 0 Å². The number of nitrogens with one attached hydrogen (secondary N) is 1. The molecule has 2 aromatic carbocycles. The lowest BCUT2D eigenvalue weighted by Gasteiger charge is -2.17. The molecule has 0 aliphatic carbocycles. The molecule has 0 atom stereocenters. The Balaban J connectivity index is 1.74. The highest BCUT2D eigenvalue weighted by Crippen LogP contribution is 2.15. The number of carbonyl (C=O) groups excluding carboxylic acids is 2. The average molecular weight is 331 g/mol. The molecule has 23 heavy (non-hydrogen) atoms. The van der Waals surface area contributed by atoms with Gasteiger partial charge in [-0.1, -0.05) is 29.8 Å². The molecule has 0 unspecified atom stereocenters. The van der Waals surface area contributed by atoms with Gasteiger partial charge < -0.3 is 10.2 Å². The third-order valence-corrected chi connectivity index (χ3v) is 3.69. The van der Waals surface area contributed by atoms with Crippen LogP contribution in [0.5, 0.6) is 0 Å². The van der Waals surface area contributed by atoms with Crippen LogP contribution in [0.4, 0.5) is 11.4 Å². The predicted octanol–water partition coefficient (Wildman–Crippen LogP) is 4.11. The quantitative estimate of drug-likeness (QED) is 0.866. The van der Waals surface area contributed by atoms with E-state index >= 15 is 0 Å². The highest BCUT2D eigenvalue weighted by molar-refractivity contribution is 6.30. The van der Waals surface area contributed by atoms with E-state index in [1.54, 1.807) is 36.2 Å². The molecule has 0 aromatic heterocycles. The second kappa shape index (κ2) is 8.34. The summed E-state index contributed by atoms with van der Waals surface area (Å²) in [5.41, 5.74) is 1.55. The molecule has 120 valence electrons. The average Bonchev–Trinajstić information content (AvgIpc) is 2.57. The van der Waals surface area contributed by atoms with E-state index in [9.17, 15) is 9.59 Å². The normalized spacial score (nSPS) is 10.2. The monoisotopic (exact) mass is 330 g/mol. The Morgan fingerprint density at radius 2 is 1.65 bits per heavy atom. The summed E-state index contributed by atoms with van der Waals surface area (Å²) in [6.07, 6.45) is 1.14. The van der Waals surface area contributed by atoms with Crippen LogP contribution >= 0.6 is 11.6 Å². The number of rotatable bonds is 6. The molecule has 0 aliphatic rings. The first kappa shape index (κ1) is 17.0. The number of amides is 2. The fourth-order valence-electron chi connectivity index (χ4n) is 2.12. The maximum Gasteiger partial charge on any atom is 0.226 e. The molecular formula is C18H19ClN2O2. The standard InChI is InChI=1S/C18H19ClN2O2/c1-21(16-6-3-2-4-7-16)18(23)9-5-8-17(22)20-15-12-10-14(19)11-13-15/h2-4,6-7,10-13H,5,8-9H2,1H3,(H,20,22). The van der Waals surface area contributed by atoms with Crippen LogP contribution in [0.3, 0.4) is 0 Å². The molecule has 4 nitrogen and oxygen atoms in total. The van der Waals surface area contributed by atoms with E-state index < -0.39 is 0 Å². The lowest BCUT2D eigenvalue weighted by atomic mass is 10.2. The number of para-hydroxylation sites is 1. The number of nitrogens with zero attached hydrogens (tertiary/aromatic N) is 1. The van der Waals surface area contributed by atoms with Crippen molar-refractivity contribution in [2.24, 2.45) is 0 Å². The number of hydrogen-bond donors (Lipinski definition) is 1. The van der Waals surface area contributed by atoms with Crippen molar-refractivity contribution < 1.29 is 9.59 Å². The predicted molar refractivity (Wildman–Crippen MR) is 93.8 cm³/mol. The Morgan fingerprint density at radius 1 is 1.00 bits per heavy atom. The maximum absolute atomic E-state index is 12.1. The fraction of sp³-hybridized carbons (Fsp3) is 0.222. The highest BCUT2D eigenvalue weighted by Gasteiger charge is 2.11. The van der Waals surface area contributed by atoms with Gasteiger partial charge in [-0.05, 0) is 42.8 Å². The molecule has 0 aliphatic heterocycles. The number of halogens is 1. The van der Waals surface area contributed by atoms with Crippen LogP contribution in [0, 0.1) is 0 Å². The molecule has 2 amide bonds. The molecule has 0 heterocycles. The SMILES string of the molecule is CN(C(=O)CCCC(=O)Nc1ccc(Cl)cc1)c1ccccc1. The van der Waals surface area contributed by atoms with Gasteiger partial charge in [0.1, 0.15) is 0 Å². The zero-order chi connectivity index (χ0) is 16.7. The summed E-state index contributed by atoms with van der Waals surface area (Å²) in [6, 6.07) is 16.4. The molecule has 0 bridgehead atoms. The highest BCUT2D eigenvalue weighted by atomic mass is 35.5. The number of anilines is 2. The summed E-state index contributed by atoms with van der Waals surface area (Å²) < 4.78 is 0. The lowest BCUT2D eigenvalue weighted by Crippen LogP contribution is -2.26. The first-order valence-electron chi connectivity index (χ1n) is 7.43. The van der Waals surface area contributed by atoms with Crippen LogP contribution in [0.2, 0.25) is 5.02 Å². The van der Waals surface area contributed by atoms with E-state index in [4.69, 9.17) is 11.6 Å². The number of benzene rings is 2. The lowest BCUT2D eigenvalue weighted by molar-refractivity contribution is -0.118.